The van der Waals surface area contributed by atoms with Crippen molar-refractivity contribution in [3.8, 4) is 5.75 Å². The van der Waals surface area contributed by atoms with Crippen molar-refractivity contribution in [2.24, 2.45) is 5.10 Å². The van der Waals surface area contributed by atoms with Crippen LogP contribution in [0.2, 0.25) is 5.02 Å². The van der Waals surface area contributed by atoms with Crippen LogP contribution in [-0.2, 0) is 0 Å². The van der Waals surface area contributed by atoms with Gasteiger partial charge in [0.1, 0.15) is 5.75 Å². The minimum Gasteiger partial charge on any atom is -0.507 e. The van der Waals surface area contributed by atoms with Crippen LogP contribution in [0, 0.1) is 13.8 Å². The van der Waals surface area contributed by atoms with Crippen LogP contribution in [0.3, 0.4) is 0 Å². The van der Waals surface area contributed by atoms with E-state index in [1.807, 2.05) is 50.2 Å². The predicted molar refractivity (Wildman–Crippen MR) is 129 cm³/mol. The number of hydrogen-bond donors (Lipinski definition) is 3. The molecule has 0 aliphatic rings. The third kappa shape index (κ3) is 4.71. The summed E-state index contributed by atoms with van der Waals surface area (Å²) in [6, 6.07) is 19.8. The number of pyridine rings is 1. The molecule has 3 aromatic carbocycles. The highest BCUT2D eigenvalue weighted by molar-refractivity contribution is 6.30. The first kappa shape index (κ1) is 21.3. The molecule has 1 aromatic heterocycles. The van der Waals surface area contributed by atoms with Crippen molar-refractivity contribution in [1.29, 1.82) is 0 Å². The van der Waals surface area contributed by atoms with Gasteiger partial charge in [-0.1, -0.05) is 29.8 Å². The Labute approximate surface area is 190 Å². The average molecular weight is 445 g/mol. The van der Waals surface area contributed by atoms with Crippen molar-refractivity contribution >= 4 is 46.0 Å². The molecule has 1 amide bonds. The zero-order valence-corrected chi connectivity index (χ0v) is 18.3. The molecule has 7 heteroatoms. The molecular formula is C25H21ClN4O2. The normalized spacial score (nSPS) is 11.1. The highest BCUT2D eigenvalue weighted by Gasteiger charge is 2.08. The number of phenolic OH excluding ortho intramolecular Hbond substituents is 1. The molecule has 160 valence electrons. The molecule has 4 aromatic rings. The molecule has 32 heavy (non-hydrogen) atoms. The van der Waals surface area contributed by atoms with E-state index in [1.165, 1.54) is 12.3 Å². The summed E-state index contributed by atoms with van der Waals surface area (Å²) in [5.41, 5.74) is 8.13. The van der Waals surface area contributed by atoms with Gasteiger partial charge in [-0.15, -0.1) is 0 Å². The summed E-state index contributed by atoms with van der Waals surface area (Å²) >= 11 is 5.91. The number of rotatable bonds is 5. The van der Waals surface area contributed by atoms with Crippen LogP contribution >= 0.6 is 11.6 Å². The third-order valence-corrected chi connectivity index (χ3v) is 5.19. The minimum atomic E-state index is -0.366. The average Bonchev–Trinajstić information content (AvgIpc) is 2.77. The van der Waals surface area contributed by atoms with E-state index < -0.39 is 0 Å². The third-order valence-electron chi connectivity index (χ3n) is 4.95. The molecule has 0 unspecified atom stereocenters. The van der Waals surface area contributed by atoms with Crippen LogP contribution < -0.4 is 10.7 Å². The number of aromatic nitrogens is 1. The van der Waals surface area contributed by atoms with E-state index in [1.54, 1.807) is 24.3 Å². The van der Waals surface area contributed by atoms with Gasteiger partial charge in [-0.25, -0.2) is 5.43 Å². The number of fused-ring (bicyclic) bond motifs is 1. The lowest BCUT2D eigenvalue weighted by Crippen LogP contribution is -2.17. The molecule has 6 nitrogen and oxygen atoms in total. The van der Waals surface area contributed by atoms with Gasteiger partial charge in [0, 0.05) is 38.6 Å². The number of hydrazone groups is 1. The number of nitrogens with zero attached hydrogens (tertiary/aromatic N) is 2. The van der Waals surface area contributed by atoms with E-state index in [-0.39, 0.29) is 11.7 Å². The number of amides is 1. The highest BCUT2D eigenvalue weighted by Crippen LogP contribution is 2.28. The molecular weight excluding hydrogens is 424 g/mol. The van der Waals surface area contributed by atoms with Gasteiger partial charge in [0.15, 0.2) is 0 Å². The number of anilines is 2. The molecule has 0 aliphatic heterocycles. The molecule has 4 rings (SSSR count). The lowest BCUT2D eigenvalue weighted by atomic mass is 10.1. The first-order chi connectivity index (χ1) is 15.4. The largest absolute Gasteiger partial charge is 0.507 e. The maximum absolute atomic E-state index is 12.4. The Balaban J connectivity index is 1.47. The van der Waals surface area contributed by atoms with Gasteiger partial charge in [-0.2, -0.15) is 5.10 Å². The fourth-order valence-electron chi connectivity index (χ4n) is 3.34. The van der Waals surface area contributed by atoms with Crippen LogP contribution in [0.25, 0.3) is 10.9 Å². The Bertz CT molecular complexity index is 1330. The molecule has 0 radical (unpaired) electrons. The molecule has 0 bridgehead atoms. The van der Waals surface area contributed by atoms with Gasteiger partial charge < -0.3 is 10.4 Å². The maximum atomic E-state index is 12.4. The van der Waals surface area contributed by atoms with Crippen molar-refractivity contribution in [3.05, 3.63) is 94.1 Å². The summed E-state index contributed by atoms with van der Waals surface area (Å²) in [6.07, 6.45) is 1.34. The van der Waals surface area contributed by atoms with Crippen molar-refractivity contribution in [2.45, 2.75) is 13.8 Å². The number of carbonyl (C=O) groups is 1. The molecule has 3 N–H and O–H groups in total. The molecule has 0 aliphatic carbocycles. The number of benzene rings is 3. The minimum absolute atomic E-state index is 0.0249. The molecule has 0 saturated carbocycles. The van der Waals surface area contributed by atoms with Crippen molar-refractivity contribution < 1.29 is 9.90 Å². The van der Waals surface area contributed by atoms with Gasteiger partial charge >= 0.3 is 0 Å². The molecule has 1 heterocycles. The van der Waals surface area contributed by atoms with Crippen LogP contribution in [0.4, 0.5) is 11.4 Å². The summed E-state index contributed by atoms with van der Waals surface area (Å²) in [7, 11) is 0. The number of halogens is 1. The van der Waals surface area contributed by atoms with Crippen LogP contribution in [-0.4, -0.2) is 22.2 Å². The van der Waals surface area contributed by atoms with Crippen LogP contribution in [0.1, 0.15) is 27.2 Å². The topological polar surface area (TPSA) is 86.6 Å². The summed E-state index contributed by atoms with van der Waals surface area (Å²) in [5, 5.41) is 18.6. The van der Waals surface area contributed by atoms with E-state index >= 15 is 0 Å². The second-order valence-corrected chi connectivity index (χ2v) is 7.82. The van der Waals surface area contributed by atoms with Gasteiger partial charge in [0.05, 0.1) is 11.7 Å². The Morgan fingerprint density at radius 3 is 2.62 bits per heavy atom. The second-order valence-electron chi connectivity index (χ2n) is 7.39. The molecule has 0 spiro atoms. The smallest absolute Gasteiger partial charge is 0.271 e. The monoisotopic (exact) mass is 444 g/mol. The second kappa shape index (κ2) is 9.08. The zero-order chi connectivity index (χ0) is 22.7. The Hall–Kier alpha value is -3.90. The Morgan fingerprint density at radius 1 is 1.06 bits per heavy atom. The van der Waals surface area contributed by atoms with Gasteiger partial charge in [0.2, 0.25) is 0 Å². The highest BCUT2D eigenvalue weighted by atomic mass is 35.5. The lowest BCUT2D eigenvalue weighted by molar-refractivity contribution is 0.0955. The number of carbonyl (C=O) groups excluding carboxylic acids is 1. The van der Waals surface area contributed by atoms with Gasteiger partial charge in [-0.05, 0) is 67.9 Å². The lowest BCUT2D eigenvalue weighted by Gasteiger charge is -2.12. The zero-order valence-electron chi connectivity index (χ0n) is 17.6. The molecule has 0 saturated heterocycles. The van der Waals surface area contributed by atoms with Crippen LogP contribution in [0.5, 0.6) is 5.75 Å². The Morgan fingerprint density at radius 2 is 1.84 bits per heavy atom. The first-order valence-electron chi connectivity index (χ1n) is 9.97. The molecule has 0 atom stereocenters. The van der Waals surface area contributed by atoms with Crippen LogP contribution in [0.15, 0.2) is 71.8 Å². The van der Waals surface area contributed by atoms with E-state index in [0.29, 0.717) is 16.1 Å². The van der Waals surface area contributed by atoms with Crippen molar-refractivity contribution in [2.75, 3.05) is 5.32 Å². The SMILES string of the molecule is Cc1cc(Nc2ccc(C(=O)N/N=C\c3cc(Cl)ccc3O)cc2)c2cccc(C)c2n1. The predicted octanol–water partition coefficient (Wildman–Crippen LogP) is 5.72. The summed E-state index contributed by atoms with van der Waals surface area (Å²) in [5.74, 6) is -0.341. The summed E-state index contributed by atoms with van der Waals surface area (Å²) < 4.78 is 0. The van der Waals surface area contributed by atoms with Gasteiger partial charge in [-0.3, -0.25) is 9.78 Å². The number of aromatic hydroxyl groups is 1. The van der Waals surface area contributed by atoms with E-state index in [4.69, 9.17) is 11.6 Å². The maximum Gasteiger partial charge on any atom is 0.271 e. The number of phenols is 1. The first-order valence-corrected chi connectivity index (χ1v) is 10.3. The van der Waals surface area contributed by atoms with Crippen molar-refractivity contribution in [1.82, 2.24) is 10.4 Å². The molecule has 0 fully saturated rings. The van der Waals surface area contributed by atoms with E-state index in [2.05, 4.69) is 20.8 Å². The summed E-state index contributed by atoms with van der Waals surface area (Å²) in [4.78, 5) is 17.0. The number of nitrogens with one attached hydrogen (secondary N) is 2. The number of para-hydroxylation sites is 1. The van der Waals surface area contributed by atoms with Gasteiger partial charge in [0.25, 0.3) is 5.91 Å². The van der Waals surface area contributed by atoms with E-state index in [0.717, 1.165) is 33.5 Å². The standard InChI is InChI=1S/C25H21ClN4O2/c1-15-4-3-5-21-22(12-16(2)28-24(15)21)29-20-9-6-17(7-10-20)25(32)30-27-14-18-13-19(26)8-11-23(18)31/h3-14,31H,1-2H3,(H,28,29)(H,30,32)/b27-14-. The summed E-state index contributed by atoms with van der Waals surface area (Å²) in [6.45, 7) is 4.01. The fraction of sp³-hybridized carbons (Fsp3) is 0.0800. The number of hydrogen-bond acceptors (Lipinski definition) is 5. The fourth-order valence-corrected chi connectivity index (χ4v) is 3.52. The number of aryl methyl sites for hydroxylation is 2. The van der Waals surface area contributed by atoms with Crippen molar-refractivity contribution in [3.63, 3.8) is 0 Å². The Kier molecular flexibility index (Phi) is 6.05. The quantitative estimate of drug-likeness (QED) is 0.271. The van der Waals surface area contributed by atoms with E-state index in [9.17, 15) is 9.90 Å².